The van der Waals surface area contributed by atoms with Crippen LogP contribution in [0.5, 0.6) is 0 Å². The molecule has 1 aromatic heterocycles. The lowest BCUT2D eigenvalue weighted by Crippen LogP contribution is -2.36. The number of nitrogens with zero attached hydrogens (tertiary/aromatic N) is 4. The summed E-state index contributed by atoms with van der Waals surface area (Å²) in [5.74, 6) is -0.571. The summed E-state index contributed by atoms with van der Waals surface area (Å²) in [6, 6.07) is 19.2. The lowest BCUT2D eigenvalue weighted by Gasteiger charge is -2.25. The van der Waals surface area contributed by atoms with E-state index >= 15 is 0 Å². The van der Waals surface area contributed by atoms with Crippen molar-refractivity contribution in [2.24, 2.45) is 0 Å². The van der Waals surface area contributed by atoms with Gasteiger partial charge in [0.2, 0.25) is 0 Å². The number of hydrogen-bond acceptors (Lipinski definition) is 5. The number of benzene rings is 2. The molecule has 0 unspecified atom stereocenters. The molecule has 1 aliphatic rings. The van der Waals surface area contributed by atoms with Crippen molar-refractivity contribution < 1.29 is 9.59 Å². The van der Waals surface area contributed by atoms with E-state index in [1.807, 2.05) is 98.4 Å². The first-order valence-corrected chi connectivity index (χ1v) is 11.5. The van der Waals surface area contributed by atoms with Crippen LogP contribution in [-0.4, -0.2) is 48.9 Å². The summed E-state index contributed by atoms with van der Waals surface area (Å²) in [5, 5.41) is 0. The first-order valence-electron chi connectivity index (χ1n) is 11.5. The number of aromatic nitrogens is 1. The fraction of sp³-hybridized carbons (Fsp3) is 0.250. The van der Waals surface area contributed by atoms with Crippen LogP contribution in [0.3, 0.4) is 0 Å². The van der Waals surface area contributed by atoms with Crippen molar-refractivity contribution in [1.29, 1.82) is 0 Å². The summed E-state index contributed by atoms with van der Waals surface area (Å²) in [4.78, 5) is 36.9. The molecule has 34 heavy (non-hydrogen) atoms. The summed E-state index contributed by atoms with van der Waals surface area (Å²) in [6.45, 7) is 5.25. The lowest BCUT2D eigenvalue weighted by atomic mass is 10.0. The molecule has 0 fully saturated rings. The van der Waals surface area contributed by atoms with Crippen molar-refractivity contribution >= 4 is 28.8 Å². The molecule has 0 atom stereocenters. The summed E-state index contributed by atoms with van der Waals surface area (Å²) < 4.78 is 0. The maximum Gasteiger partial charge on any atom is 0.282 e. The Morgan fingerprint density at radius 1 is 0.853 bits per heavy atom. The van der Waals surface area contributed by atoms with Crippen LogP contribution in [0.25, 0.3) is 5.57 Å². The van der Waals surface area contributed by atoms with Gasteiger partial charge in [0.05, 0.1) is 11.3 Å². The van der Waals surface area contributed by atoms with Crippen LogP contribution >= 0.6 is 0 Å². The topological polar surface area (TPSA) is 56.8 Å². The van der Waals surface area contributed by atoms with E-state index in [1.165, 1.54) is 4.90 Å². The van der Waals surface area contributed by atoms with Crippen molar-refractivity contribution in [2.45, 2.75) is 20.3 Å². The molecule has 0 bridgehead atoms. The van der Waals surface area contributed by atoms with E-state index in [1.54, 1.807) is 12.4 Å². The number of anilines is 2. The Hall–Kier alpha value is -3.93. The molecule has 0 saturated carbocycles. The maximum atomic E-state index is 13.8. The van der Waals surface area contributed by atoms with Crippen LogP contribution in [-0.2, 0) is 16.0 Å². The number of aryl methyl sites for hydroxylation is 1. The highest BCUT2D eigenvalue weighted by atomic mass is 16.2. The Kier molecular flexibility index (Phi) is 6.77. The zero-order valence-corrected chi connectivity index (χ0v) is 20.2. The normalized spacial score (nSPS) is 13.6. The highest BCUT2D eigenvalue weighted by Crippen LogP contribution is 2.35. The maximum absolute atomic E-state index is 13.8. The minimum Gasteiger partial charge on any atom is -0.378 e. The summed E-state index contributed by atoms with van der Waals surface area (Å²) in [5.41, 5.74) is 5.49. The van der Waals surface area contributed by atoms with Gasteiger partial charge >= 0.3 is 0 Å². The molecule has 6 heteroatoms. The molecule has 0 spiro atoms. The Bertz CT molecular complexity index is 1200. The van der Waals surface area contributed by atoms with Gasteiger partial charge < -0.3 is 9.80 Å². The van der Waals surface area contributed by atoms with Gasteiger partial charge in [-0.25, -0.2) is 4.90 Å². The molecule has 0 radical (unpaired) electrons. The molecule has 6 nitrogen and oxygen atoms in total. The predicted molar refractivity (Wildman–Crippen MR) is 137 cm³/mol. The van der Waals surface area contributed by atoms with Crippen LogP contribution in [0.15, 0.2) is 78.8 Å². The van der Waals surface area contributed by atoms with E-state index < -0.39 is 0 Å². The number of amides is 2. The van der Waals surface area contributed by atoms with Crippen LogP contribution < -0.4 is 9.80 Å². The van der Waals surface area contributed by atoms with Gasteiger partial charge in [-0.3, -0.25) is 14.6 Å². The quantitative estimate of drug-likeness (QED) is 0.475. The molecule has 2 amide bonds. The van der Waals surface area contributed by atoms with Crippen LogP contribution in [0.2, 0.25) is 0 Å². The van der Waals surface area contributed by atoms with Gasteiger partial charge in [0.15, 0.2) is 0 Å². The number of imide groups is 1. The zero-order chi connectivity index (χ0) is 24.2. The SMILES string of the molecule is CCN(CCc1ccncc1)C1=C(c2ccc(C)cc2)C(=O)N(c2ccc(N(C)C)cc2)C1=O. The minimum absolute atomic E-state index is 0.283. The van der Waals surface area contributed by atoms with Gasteiger partial charge in [-0.2, -0.15) is 0 Å². The van der Waals surface area contributed by atoms with Gasteiger partial charge in [-0.1, -0.05) is 29.8 Å². The van der Waals surface area contributed by atoms with Gasteiger partial charge in [0, 0.05) is 45.3 Å². The fourth-order valence-corrected chi connectivity index (χ4v) is 4.17. The molecule has 2 aromatic carbocycles. The van der Waals surface area contributed by atoms with Crippen molar-refractivity contribution in [3.05, 3.63) is 95.4 Å². The fourth-order valence-electron chi connectivity index (χ4n) is 4.17. The molecule has 0 N–H and O–H groups in total. The number of pyridine rings is 1. The third-order valence-corrected chi connectivity index (χ3v) is 6.14. The summed E-state index contributed by atoms with van der Waals surface area (Å²) in [6.07, 6.45) is 4.29. The highest BCUT2D eigenvalue weighted by Gasteiger charge is 2.42. The molecule has 2 heterocycles. The van der Waals surface area contributed by atoms with Crippen molar-refractivity contribution in [1.82, 2.24) is 9.88 Å². The number of rotatable bonds is 8. The number of likely N-dealkylation sites (N-methyl/N-ethyl adjacent to an activating group) is 1. The van der Waals surface area contributed by atoms with Crippen molar-refractivity contribution in [3.63, 3.8) is 0 Å². The van der Waals surface area contributed by atoms with Crippen LogP contribution in [0.4, 0.5) is 11.4 Å². The highest BCUT2D eigenvalue weighted by molar-refractivity contribution is 6.45. The van der Waals surface area contributed by atoms with Crippen LogP contribution in [0.1, 0.15) is 23.6 Å². The number of carbonyl (C=O) groups excluding carboxylic acids is 2. The predicted octanol–water partition coefficient (Wildman–Crippen LogP) is 4.31. The monoisotopic (exact) mass is 454 g/mol. The van der Waals surface area contributed by atoms with E-state index in [9.17, 15) is 9.59 Å². The van der Waals surface area contributed by atoms with Crippen molar-refractivity contribution in [3.8, 4) is 0 Å². The number of hydrogen-bond donors (Lipinski definition) is 0. The Labute approximate surface area is 201 Å². The molecule has 1 aliphatic heterocycles. The molecule has 3 aromatic rings. The molecule has 174 valence electrons. The molecule has 0 aliphatic carbocycles. The summed E-state index contributed by atoms with van der Waals surface area (Å²) in [7, 11) is 3.91. The second-order valence-electron chi connectivity index (χ2n) is 8.63. The first kappa shape index (κ1) is 23.2. The second-order valence-corrected chi connectivity index (χ2v) is 8.63. The van der Waals surface area contributed by atoms with Crippen molar-refractivity contribution in [2.75, 3.05) is 37.0 Å². The van der Waals surface area contributed by atoms with Gasteiger partial charge in [-0.15, -0.1) is 0 Å². The Morgan fingerprint density at radius 2 is 1.50 bits per heavy atom. The average Bonchev–Trinajstić information content (AvgIpc) is 3.10. The third kappa shape index (κ3) is 4.57. The molecular weight excluding hydrogens is 424 g/mol. The van der Waals surface area contributed by atoms with E-state index in [2.05, 4.69) is 4.98 Å². The standard InChI is InChI=1S/C28H30N4O2/c1-5-31(19-16-21-14-17-29-18-15-21)26-25(22-8-6-20(2)7-9-22)27(33)32(28(26)34)24-12-10-23(11-13-24)30(3)4/h6-15,17-18H,5,16,19H2,1-4H3. The largest absolute Gasteiger partial charge is 0.378 e. The Balaban J connectivity index is 1.73. The zero-order valence-electron chi connectivity index (χ0n) is 20.2. The average molecular weight is 455 g/mol. The van der Waals surface area contributed by atoms with Crippen LogP contribution in [0, 0.1) is 6.92 Å². The summed E-state index contributed by atoms with van der Waals surface area (Å²) >= 11 is 0. The Morgan fingerprint density at radius 3 is 2.09 bits per heavy atom. The lowest BCUT2D eigenvalue weighted by molar-refractivity contribution is -0.120. The second kappa shape index (κ2) is 9.91. The van der Waals surface area contributed by atoms with Gasteiger partial charge in [0.25, 0.3) is 11.8 Å². The van der Waals surface area contributed by atoms with E-state index in [0.29, 0.717) is 30.0 Å². The van der Waals surface area contributed by atoms with Gasteiger partial charge in [0.1, 0.15) is 5.70 Å². The molecular formula is C28H30N4O2. The minimum atomic E-state index is -0.288. The number of carbonyl (C=O) groups is 2. The van der Waals surface area contributed by atoms with Gasteiger partial charge in [-0.05, 0) is 67.8 Å². The molecule has 4 rings (SSSR count). The smallest absolute Gasteiger partial charge is 0.282 e. The van der Waals surface area contributed by atoms with E-state index in [-0.39, 0.29) is 11.8 Å². The molecule has 0 saturated heterocycles. The third-order valence-electron chi connectivity index (χ3n) is 6.14. The van der Waals surface area contributed by atoms with E-state index in [0.717, 1.165) is 28.8 Å². The van der Waals surface area contributed by atoms with E-state index in [4.69, 9.17) is 0 Å². The first-order chi connectivity index (χ1) is 16.4.